The van der Waals surface area contributed by atoms with Gasteiger partial charge in [0.05, 0.1) is 11.3 Å². The standard InChI is InChI=1S/C13H21N3O2/c1-10-5-6-12(16-14)11(9-10)13(17)15-7-3-4-8-18-2/h5-6,9,16H,3-4,7-8,14H2,1-2H3,(H,15,17). The first kappa shape index (κ1) is 14.5. The Kier molecular flexibility index (Phi) is 6.18. The molecular formula is C13H21N3O2. The second kappa shape index (κ2) is 7.68. The van der Waals surface area contributed by atoms with Gasteiger partial charge in [-0.15, -0.1) is 0 Å². The summed E-state index contributed by atoms with van der Waals surface area (Å²) in [5.41, 5.74) is 4.77. The van der Waals surface area contributed by atoms with Gasteiger partial charge in [-0.05, 0) is 31.9 Å². The fourth-order valence-electron chi connectivity index (χ4n) is 1.64. The Morgan fingerprint density at radius 3 is 2.83 bits per heavy atom. The van der Waals surface area contributed by atoms with Crippen LogP contribution in [-0.2, 0) is 4.74 Å². The predicted octanol–water partition coefficient (Wildman–Crippen LogP) is 1.44. The monoisotopic (exact) mass is 251 g/mol. The molecule has 0 aliphatic heterocycles. The molecule has 0 spiro atoms. The van der Waals surface area contributed by atoms with Crippen LogP contribution in [0.15, 0.2) is 18.2 Å². The maximum Gasteiger partial charge on any atom is 0.253 e. The zero-order valence-electron chi connectivity index (χ0n) is 11.0. The third kappa shape index (κ3) is 4.35. The molecule has 1 aromatic rings. The molecule has 18 heavy (non-hydrogen) atoms. The van der Waals surface area contributed by atoms with Crippen LogP contribution in [0, 0.1) is 6.92 Å². The number of nitrogen functional groups attached to an aromatic ring is 1. The third-order valence-electron chi connectivity index (χ3n) is 2.64. The number of nitrogens with one attached hydrogen (secondary N) is 2. The van der Waals surface area contributed by atoms with Crippen LogP contribution in [0.4, 0.5) is 5.69 Å². The van der Waals surface area contributed by atoms with Gasteiger partial charge < -0.3 is 15.5 Å². The van der Waals surface area contributed by atoms with E-state index in [0.29, 0.717) is 17.8 Å². The molecule has 1 amide bonds. The van der Waals surface area contributed by atoms with Crippen molar-refractivity contribution >= 4 is 11.6 Å². The fourth-order valence-corrected chi connectivity index (χ4v) is 1.64. The van der Waals surface area contributed by atoms with Crippen LogP contribution < -0.4 is 16.6 Å². The number of rotatable bonds is 7. The van der Waals surface area contributed by atoms with Crippen molar-refractivity contribution in [3.05, 3.63) is 29.3 Å². The van der Waals surface area contributed by atoms with E-state index in [1.807, 2.05) is 19.1 Å². The average molecular weight is 251 g/mol. The van der Waals surface area contributed by atoms with Gasteiger partial charge in [-0.2, -0.15) is 0 Å². The summed E-state index contributed by atoms with van der Waals surface area (Å²) < 4.78 is 4.95. The van der Waals surface area contributed by atoms with Crippen LogP contribution in [-0.4, -0.2) is 26.2 Å². The van der Waals surface area contributed by atoms with Crippen molar-refractivity contribution in [3.63, 3.8) is 0 Å². The number of aryl methyl sites for hydroxylation is 1. The van der Waals surface area contributed by atoms with Gasteiger partial charge in [-0.3, -0.25) is 10.6 Å². The lowest BCUT2D eigenvalue weighted by Crippen LogP contribution is -2.26. The average Bonchev–Trinajstić information content (AvgIpc) is 2.38. The Bertz CT molecular complexity index is 394. The normalized spacial score (nSPS) is 10.2. The topological polar surface area (TPSA) is 76.4 Å². The minimum absolute atomic E-state index is 0.107. The van der Waals surface area contributed by atoms with Gasteiger partial charge >= 0.3 is 0 Å². The van der Waals surface area contributed by atoms with Gasteiger partial charge in [-0.25, -0.2) is 0 Å². The maximum absolute atomic E-state index is 12.0. The van der Waals surface area contributed by atoms with Crippen LogP contribution in [0.1, 0.15) is 28.8 Å². The molecule has 0 aliphatic rings. The Labute approximate surface area is 108 Å². The van der Waals surface area contributed by atoms with Gasteiger partial charge in [0.2, 0.25) is 0 Å². The zero-order valence-corrected chi connectivity index (χ0v) is 11.0. The summed E-state index contributed by atoms with van der Waals surface area (Å²) in [7, 11) is 1.67. The lowest BCUT2D eigenvalue weighted by Gasteiger charge is -2.10. The Morgan fingerprint density at radius 2 is 2.17 bits per heavy atom. The number of methoxy groups -OCH3 is 1. The number of ether oxygens (including phenoxy) is 1. The molecule has 100 valence electrons. The first-order chi connectivity index (χ1) is 8.69. The predicted molar refractivity (Wildman–Crippen MR) is 72.4 cm³/mol. The van der Waals surface area contributed by atoms with Crippen molar-refractivity contribution in [1.29, 1.82) is 0 Å². The number of hydrogen-bond acceptors (Lipinski definition) is 4. The van der Waals surface area contributed by atoms with Crippen molar-refractivity contribution in [1.82, 2.24) is 5.32 Å². The van der Waals surface area contributed by atoms with Crippen LogP contribution >= 0.6 is 0 Å². The Balaban J connectivity index is 2.52. The largest absolute Gasteiger partial charge is 0.385 e. The maximum atomic E-state index is 12.0. The molecule has 0 fully saturated rings. The van der Waals surface area contributed by atoms with Gasteiger partial charge in [0.25, 0.3) is 5.91 Å². The van der Waals surface area contributed by atoms with Crippen LogP contribution in [0.25, 0.3) is 0 Å². The van der Waals surface area contributed by atoms with Gasteiger partial charge in [0.1, 0.15) is 0 Å². The van der Waals surface area contributed by atoms with Crippen molar-refractivity contribution in [2.75, 3.05) is 25.7 Å². The van der Waals surface area contributed by atoms with Crippen molar-refractivity contribution < 1.29 is 9.53 Å². The SMILES string of the molecule is COCCCCNC(=O)c1cc(C)ccc1NN. The molecule has 0 saturated heterocycles. The van der Waals surface area contributed by atoms with Gasteiger partial charge in [0.15, 0.2) is 0 Å². The summed E-state index contributed by atoms with van der Waals surface area (Å²) in [6, 6.07) is 5.53. The van der Waals surface area contributed by atoms with Crippen LogP contribution in [0.2, 0.25) is 0 Å². The molecule has 1 rings (SSSR count). The smallest absolute Gasteiger partial charge is 0.253 e. The highest BCUT2D eigenvalue weighted by Crippen LogP contribution is 2.16. The first-order valence-corrected chi connectivity index (χ1v) is 6.03. The number of nitrogens with two attached hydrogens (primary N) is 1. The number of unbranched alkanes of at least 4 members (excludes halogenated alkanes) is 1. The Hall–Kier alpha value is -1.59. The second-order valence-corrected chi connectivity index (χ2v) is 4.15. The number of anilines is 1. The van der Waals surface area contributed by atoms with E-state index in [0.717, 1.165) is 25.0 Å². The number of amides is 1. The third-order valence-corrected chi connectivity index (χ3v) is 2.64. The minimum atomic E-state index is -0.107. The molecule has 4 N–H and O–H groups in total. The molecule has 5 nitrogen and oxygen atoms in total. The van der Waals surface area contributed by atoms with Gasteiger partial charge in [0, 0.05) is 20.3 Å². The van der Waals surface area contributed by atoms with E-state index in [4.69, 9.17) is 10.6 Å². The molecule has 0 bridgehead atoms. The van der Waals surface area contributed by atoms with E-state index in [1.54, 1.807) is 13.2 Å². The van der Waals surface area contributed by atoms with Gasteiger partial charge in [-0.1, -0.05) is 11.6 Å². The van der Waals surface area contributed by atoms with Crippen molar-refractivity contribution in [3.8, 4) is 0 Å². The number of benzene rings is 1. The summed E-state index contributed by atoms with van der Waals surface area (Å²) in [6.45, 7) is 3.30. The van der Waals surface area contributed by atoms with Crippen LogP contribution in [0.3, 0.4) is 0 Å². The highest BCUT2D eigenvalue weighted by atomic mass is 16.5. The first-order valence-electron chi connectivity index (χ1n) is 6.03. The molecule has 0 heterocycles. The molecule has 0 radical (unpaired) electrons. The molecule has 1 aromatic carbocycles. The molecule has 0 unspecified atom stereocenters. The van der Waals surface area contributed by atoms with E-state index in [2.05, 4.69) is 10.7 Å². The number of hydrogen-bond donors (Lipinski definition) is 3. The molecule has 0 atom stereocenters. The summed E-state index contributed by atoms with van der Waals surface area (Å²) in [5.74, 6) is 5.28. The molecule has 0 aromatic heterocycles. The molecular weight excluding hydrogens is 230 g/mol. The fraction of sp³-hybridized carbons (Fsp3) is 0.462. The highest BCUT2D eigenvalue weighted by Gasteiger charge is 2.10. The number of carbonyl (C=O) groups is 1. The van der Waals surface area contributed by atoms with E-state index in [1.165, 1.54) is 0 Å². The molecule has 0 saturated carbocycles. The molecule has 5 heteroatoms. The number of carbonyl (C=O) groups excluding carboxylic acids is 1. The highest BCUT2D eigenvalue weighted by molar-refractivity contribution is 5.99. The second-order valence-electron chi connectivity index (χ2n) is 4.15. The lowest BCUT2D eigenvalue weighted by atomic mass is 10.1. The summed E-state index contributed by atoms with van der Waals surface area (Å²) in [6.07, 6.45) is 1.84. The van der Waals surface area contributed by atoms with Crippen molar-refractivity contribution in [2.24, 2.45) is 5.84 Å². The number of hydrazine groups is 1. The van der Waals surface area contributed by atoms with E-state index >= 15 is 0 Å². The Morgan fingerprint density at radius 1 is 1.39 bits per heavy atom. The summed E-state index contributed by atoms with van der Waals surface area (Å²) in [4.78, 5) is 12.0. The zero-order chi connectivity index (χ0) is 13.4. The van der Waals surface area contributed by atoms with E-state index < -0.39 is 0 Å². The molecule has 0 aliphatic carbocycles. The minimum Gasteiger partial charge on any atom is -0.385 e. The van der Waals surface area contributed by atoms with Crippen LogP contribution in [0.5, 0.6) is 0 Å². The quantitative estimate of drug-likeness (QED) is 0.389. The van der Waals surface area contributed by atoms with E-state index in [9.17, 15) is 4.79 Å². The van der Waals surface area contributed by atoms with E-state index in [-0.39, 0.29) is 5.91 Å². The lowest BCUT2D eigenvalue weighted by molar-refractivity contribution is 0.0952. The summed E-state index contributed by atoms with van der Waals surface area (Å²) >= 11 is 0. The summed E-state index contributed by atoms with van der Waals surface area (Å²) in [5, 5.41) is 2.87. The van der Waals surface area contributed by atoms with Crippen molar-refractivity contribution in [2.45, 2.75) is 19.8 Å².